The highest BCUT2D eigenvalue weighted by atomic mass is 35.5. The van der Waals surface area contributed by atoms with Gasteiger partial charge in [-0.15, -0.1) is 0 Å². The Morgan fingerprint density at radius 1 is 1.38 bits per heavy atom. The highest BCUT2D eigenvalue weighted by Gasteiger charge is 2.28. The molecule has 3 rings (SSSR count). The lowest BCUT2D eigenvalue weighted by Gasteiger charge is -2.35. The van der Waals surface area contributed by atoms with Crippen molar-refractivity contribution >= 4 is 28.6 Å². The van der Waals surface area contributed by atoms with Gasteiger partial charge in [-0.1, -0.05) is 0 Å². The third-order valence-electron chi connectivity index (χ3n) is 3.46. The Morgan fingerprint density at radius 2 is 2.10 bits per heavy atom. The van der Waals surface area contributed by atoms with Crippen LogP contribution < -0.4 is 5.32 Å². The molecule has 1 fully saturated rings. The summed E-state index contributed by atoms with van der Waals surface area (Å²) in [4.78, 5) is 12.7. The third-order valence-corrected chi connectivity index (χ3v) is 3.63. The average molecular weight is 312 g/mol. The van der Waals surface area contributed by atoms with Crippen molar-refractivity contribution in [2.24, 2.45) is 5.92 Å². The number of fused-ring (bicyclic) bond motifs is 1. The maximum atomic E-state index is 5.96. The SMILES string of the molecule is CNc1nc(Cl)nc2c1ncn2CC1COC(C)(C)OC1. The molecule has 8 heteroatoms. The third kappa shape index (κ3) is 2.95. The van der Waals surface area contributed by atoms with E-state index in [1.807, 2.05) is 18.4 Å². The molecule has 1 N–H and O–H groups in total. The van der Waals surface area contributed by atoms with Crippen LogP contribution in [0.25, 0.3) is 11.2 Å². The average Bonchev–Trinajstić information content (AvgIpc) is 2.83. The van der Waals surface area contributed by atoms with Crippen molar-refractivity contribution in [1.29, 1.82) is 0 Å². The molecule has 2 aromatic heterocycles. The van der Waals surface area contributed by atoms with Gasteiger partial charge < -0.3 is 19.4 Å². The summed E-state index contributed by atoms with van der Waals surface area (Å²) in [5.41, 5.74) is 1.42. The number of hydrogen-bond acceptors (Lipinski definition) is 6. The van der Waals surface area contributed by atoms with Gasteiger partial charge in [-0.05, 0) is 25.4 Å². The number of nitrogens with one attached hydrogen (secondary N) is 1. The smallest absolute Gasteiger partial charge is 0.226 e. The van der Waals surface area contributed by atoms with E-state index < -0.39 is 5.79 Å². The molecule has 0 atom stereocenters. The Labute approximate surface area is 127 Å². The van der Waals surface area contributed by atoms with E-state index in [9.17, 15) is 0 Å². The minimum absolute atomic E-state index is 0.200. The Kier molecular flexibility index (Phi) is 3.73. The summed E-state index contributed by atoms with van der Waals surface area (Å²) in [6.45, 7) is 5.84. The van der Waals surface area contributed by atoms with Crippen LogP contribution in [0.4, 0.5) is 5.82 Å². The quantitative estimate of drug-likeness (QED) is 0.873. The number of imidazole rings is 1. The zero-order chi connectivity index (χ0) is 15.0. The van der Waals surface area contributed by atoms with Crippen LogP contribution in [0.1, 0.15) is 13.8 Å². The van der Waals surface area contributed by atoms with Crippen molar-refractivity contribution in [3.8, 4) is 0 Å². The van der Waals surface area contributed by atoms with Crippen LogP contribution in [0.15, 0.2) is 6.33 Å². The van der Waals surface area contributed by atoms with E-state index in [2.05, 4.69) is 20.3 Å². The van der Waals surface area contributed by atoms with Gasteiger partial charge in [-0.3, -0.25) is 0 Å². The lowest BCUT2D eigenvalue weighted by atomic mass is 10.1. The fourth-order valence-corrected chi connectivity index (χ4v) is 2.50. The number of ether oxygens (including phenoxy) is 2. The topological polar surface area (TPSA) is 74.1 Å². The molecule has 0 unspecified atom stereocenters. The van der Waals surface area contributed by atoms with Crippen LogP contribution in [-0.4, -0.2) is 45.6 Å². The van der Waals surface area contributed by atoms with Crippen molar-refractivity contribution < 1.29 is 9.47 Å². The Bertz CT molecular complexity index is 647. The second kappa shape index (κ2) is 5.40. The minimum Gasteiger partial charge on any atom is -0.371 e. The Hall–Kier alpha value is -1.44. The van der Waals surface area contributed by atoms with E-state index in [1.54, 1.807) is 13.4 Å². The number of nitrogens with zero attached hydrogens (tertiary/aromatic N) is 4. The van der Waals surface area contributed by atoms with E-state index in [1.165, 1.54) is 0 Å². The molecule has 2 aromatic rings. The van der Waals surface area contributed by atoms with Gasteiger partial charge in [0.05, 0.1) is 19.5 Å². The molecule has 3 heterocycles. The molecule has 1 aliphatic rings. The monoisotopic (exact) mass is 311 g/mol. The second-order valence-electron chi connectivity index (χ2n) is 5.55. The fraction of sp³-hybridized carbons (Fsp3) is 0.615. The molecule has 0 amide bonds. The van der Waals surface area contributed by atoms with Gasteiger partial charge in [-0.25, -0.2) is 4.98 Å². The standard InChI is InChI=1S/C13H18ClN5O2/c1-13(2)20-5-8(6-21-13)4-19-7-16-9-10(15-3)17-12(14)18-11(9)19/h7-8H,4-6H2,1-3H3,(H,15,17,18). The molecule has 1 saturated heterocycles. The van der Waals surface area contributed by atoms with Crippen LogP contribution in [0.2, 0.25) is 5.28 Å². The molecule has 114 valence electrons. The lowest BCUT2D eigenvalue weighted by molar-refractivity contribution is -0.263. The van der Waals surface area contributed by atoms with Crippen LogP contribution in [0.5, 0.6) is 0 Å². The van der Waals surface area contributed by atoms with Crippen molar-refractivity contribution in [3.63, 3.8) is 0 Å². The van der Waals surface area contributed by atoms with Gasteiger partial charge >= 0.3 is 0 Å². The van der Waals surface area contributed by atoms with Crippen molar-refractivity contribution in [1.82, 2.24) is 19.5 Å². The number of halogens is 1. The fourth-order valence-electron chi connectivity index (χ4n) is 2.34. The van der Waals surface area contributed by atoms with Crippen LogP contribution >= 0.6 is 11.6 Å². The summed E-state index contributed by atoms with van der Waals surface area (Å²) in [7, 11) is 1.78. The largest absolute Gasteiger partial charge is 0.371 e. The van der Waals surface area contributed by atoms with E-state index in [0.717, 1.165) is 0 Å². The maximum Gasteiger partial charge on any atom is 0.226 e. The second-order valence-corrected chi connectivity index (χ2v) is 5.89. The van der Waals surface area contributed by atoms with Crippen LogP contribution in [0, 0.1) is 5.92 Å². The zero-order valence-electron chi connectivity index (χ0n) is 12.3. The molecule has 0 bridgehead atoms. The first-order chi connectivity index (χ1) is 9.98. The molecule has 0 radical (unpaired) electrons. The van der Waals surface area contributed by atoms with Crippen LogP contribution in [-0.2, 0) is 16.0 Å². The summed E-state index contributed by atoms with van der Waals surface area (Å²) < 4.78 is 13.3. The molecule has 0 aromatic carbocycles. The van der Waals surface area contributed by atoms with Gasteiger partial charge in [-0.2, -0.15) is 9.97 Å². The zero-order valence-corrected chi connectivity index (χ0v) is 13.0. The van der Waals surface area contributed by atoms with E-state index in [0.29, 0.717) is 36.7 Å². The van der Waals surface area contributed by atoms with Crippen LogP contribution in [0.3, 0.4) is 0 Å². The molecule has 7 nitrogen and oxygen atoms in total. The predicted octanol–water partition coefficient (Wildman–Crippen LogP) is 1.92. The maximum absolute atomic E-state index is 5.96. The normalized spacial score (nSPS) is 19.0. The number of hydrogen-bond donors (Lipinski definition) is 1. The molecule has 0 saturated carbocycles. The lowest BCUT2D eigenvalue weighted by Crippen LogP contribution is -2.40. The summed E-state index contributed by atoms with van der Waals surface area (Å²) in [6, 6.07) is 0. The molecule has 0 spiro atoms. The van der Waals surface area contributed by atoms with E-state index >= 15 is 0 Å². The van der Waals surface area contributed by atoms with Gasteiger partial charge in [0.15, 0.2) is 22.8 Å². The van der Waals surface area contributed by atoms with E-state index in [-0.39, 0.29) is 11.2 Å². The van der Waals surface area contributed by atoms with E-state index in [4.69, 9.17) is 21.1 Å². The first-order valence-corrected chi connectivity index (χ1v) is 7.20. The van der Waals surface area contributed by atoms with Crippen molar-refractivity contribution in [2.75, 3.05) is 25.6 Å². The first kappa shape index (κ1) is 14.5. The predicted molar refractivity (Wildman–Crippen MR) is 79.4 cm³/mol. The van der Waals surface area contributed by atoms with Crippen molar-refractivity contribution in [2.45, 2.75) is 26.2 Å². The molecule has 21 heavy (non-hydrogen) atoms. The highest BCUT2D eigenvalue weighted by Crippen LogP contribution is 2.24. The molecular weight excluding hydrogens is 294 g/mol. The number of rotatable bonds is 3. The van der Waals surface area contributed by atoms with Gasteiger partial charge in [0, 0.05) is 19.5 Å². The summed E-state index contributed by atoms with van der Waals surface area (Å²) >= 11 is 5.96. The van der Waals surface area contributed by atoms with Gasteiger partial charge in [0.2, 0.25) is 5.28 Å². The van der Waals surface area contributed by atoms with Crippen molar-refractivity contribution in [3.05, 3.63) is 11.6 Å². The Balaban J connectivity index is 1.83. The highest BCUT2D eigenvalue weighted by molar-refractivity contribution is 6.28. The Morgan fingerprint density at radius 3 is 2.76 bits per heavy atom. The molecular formula is C13H18ClN5O2. The first-order valence-electron chi connectivity index (χ1n) is 6.82. The summed E-state index contributed by atoms with van der Waals surface area (Å²) in [5.74, 6) is 0.376. The molecule has 0 aliphatic carbocycles. The molecule has 1 aliphatic heterocycles. The number of anilines is 1. The number of aromatic nitrogens is 4. The summed E-state index contributed by atoms with van der Waals surface area (Å²) in [5, 5.41) is 3.18. The summed E-state index contributed by atoms with van der Waals surface area (Å²) in [6.07, 6.45) is 1.75. The van der Waals surface area contributed by atoms with Gasteiger partial charge in [0.1, 0.15) is 0 Å². The van der Waals surface area contributed by atoms with Gasteiger partial charge in [0.25, 0.3) is 0 Å². The minimum atomic E-state index is -0.502.